The van der Waals surface area contributed by atoms with Gasteiger partial charge in [-0.1, -0.05) is 35.9 Å². The van der Waals surface area contributed by atoms with Crippen molar-refractivity contribution in [3.8, 4) is 17.2 Å². The maximum atomic E-state index is 10.5. The molecule has 2 saturated heterocycles. The normalized spacial score (nSPS) is 22.4. The summed E-state index contributed by atoms with van der Waals surface area (Å²) in [7, 11) is 0. The van der Waals surface area contributed by atoms with Gasteiger partial charge in [-0.15, -0.1) is 0 Å². The summed E-state index contributed by atoms with van der Waals surface area (Å²) < 4.78 is 6.10. The second-order valence-electron chi connectivity index (χ2n) is 8.55. The lowest BCUT2D eigenvalue weighted by atomic mass is 9.84. The summed E-state index contributed by atoms with van der Waals surface area (Å²) >= 11 is 0. The number of hydrogen-bond acceptors (Lipinski definition) is 4. The number of ether oxygens (including phenoxy) is 1. The fourth-order valence-electron chi connectivity index (χ4n) is 5.49. The van der Waals surface area contributed by atoms with Crippen molar-refractivity contribution in [2.45, 2.75) is 44.3 Å². The molecule has 0 saturated carbocycles. The van der Waals surface area contributed by atoms with Gasteiger partial charge >= 0.3 is 0 Å². The zero-order valence-corrected chi connectivity index (χ0v) is 16.8. The van der Waals surface area contributed by atoms with Gasteiger partial charge in [0.2, 0.25) is 0 Å². The Morgan fingerprint density at radius 3 is 2.43 bits per heavy atom. The molecule has 3 aliphatic rings. The summed E-state index contributed by atoms with van der Waals surface area (Å²) in [5.41, 5.74) is 6.27. The van der Waals surface area contributed by atoms with Crippen LogP contribution in [0.2, 0.25) is 0 Å². The van der Waals surface area contributed by atoms with Gasteiger partial charge in [0.25, 0.3) is 0 Å². The average molecular weight is 396 g/mol. The molecule has 0 spiro atoms. The number of piperidine rings is 1. The molecule has 2 bridgehead atoms. The Bertz CT molecular complexity index is 1120. The van der Waals surface area contributed by atoms with Crippen molar-refractivity contribution in [1.29, 1.82) is 0 Å². The van der Waals surface area contributed by atoms with Gasteiger partial charge in [-0.2, -0.15) is 0 Å². The molecule has 2 unspecified atom stereocenters. The Morgan fingerprint density at radius 2 is 1.63 bits per heavy atom. The third-order valence-electron chi connectivity index (χ3n) is 6.84. The first kappa shape index (κ1) is 17.7. The number of aromatic hydroxyl groups is 1. The maximum absolute atomic E-state index is 10.5. The molecule has 1 N–H and O–H groups in total. The smallest absolute Gasteiger partial charge is 0.176 e. The highest BCUT2D eigenvalue weighted by molar-refractivity contribution is 5.91. The molecule has 1 aromatic heterocycles. The van der Waals surface area contributed by atoms with Crippen molar-refractivity contribution in [2.75, 3.05) is 0 Å². The van der Waals surface area contributed by atoms with E-state index in [1.807, 2.05) is 30.6 Å². The molecule has 4 heterocycles. The Kier molecular flexibility index (Phi) is 4.13. The molecule has 3 aromatic rings. The molecule has 0 amide bonds. The van der Waals surface area contributed by atoms with Crippen LogP contribution in [0.15, 0.2) is 72.6 Å². The third-order valence-corrected chi connectivity index (χ3v) is 6.84. The number of aromatic nitrogens is 1. The molecule has 0 aliphatic carbocycles. The number of para-hydroxylation sites is 2. The number of phenolic OH excluding ortho intramolecular Hbond substituents is 1. The Balaban J connectivity index is 1.41. The van der Waals surface area contributed by atoms with Crippen LogP contribution in [0, 0.1) is 0 Å². The minimum absolute atomic E-state index is 0.207. The summed E-state index contributed by atoms with van der Waals surface area (Å²) in [6.07, 6.45) is 8.41. The van der Waals surface area contributed by atoms with Gasteiger partial charge in [-0.25, -0.2) is 0 Å². The maximum Gasteiger partial charge on any atom is 0.176 e. The summed E-state index contributed by atoms with van der Waals surface area (Å²) in [5, 5.41) is 10.5. The number of nitrogens with zero attached hydrogens (tertiary/aromatic N) is 2. The third kappa shape index (κ3) is 2.83. The van der Waals surface area contributed by atoms with Crippen molar-refractivity contribution >= 4 is 5.57 Å². The van der Waals surface area contributed by atoms with E-state index in [0.717, 1.165) is 36.3 Å². The highest BCUT2D eigenvalue weighted by Crippen LogP contribution is 2.51. The van der Waals surface area contributed by atoms with E-state index in [1.165, 1.54) is 29.6 Å². The first-order valence-corrected chi connectivity index (χ1v) is 10.7. The van der Waals surface area contributed by atoms with Crippen LogP contribution in [0.1, 0.15) is 42.4 Å². The van der Waals surface area contributed by atoms with Crippen molar-refractivity contribution < 1.29 is 9.84 Å². The van der Waals surface area contributed by atoms with Crippen LogP contribution in [-0.2, 0) is 6.54 Å². The Hall–Kier alpha value is -3.11. The molecular weight excluding hydrogens is 372 g/mol. The van der Waals surface area contributed by atoms with Crippen LogP contribution >= 0.6 is 0 Å². The van der Waals surface area contributed by atoms with Crippen LogP contribution in [0.3, 0.4) is 0 Å². The average Bonchev–Trinajstić information content (AvgIpc) is 3.00. The first-order chi connectivity index (χ1) is 14.8. The van der Waals surface area contributed by atoms with Crippen molar-refractivity contribution in [3.63, 3.8) is 0 Å². The predicted molar refractivity (Wildman–Crippen MR) is 116 cm³/mol. The van der Waals surface area contributed by atoms with E-state index in [9.17, 15) is 5.11 Å². The minimum atomic E-state index is 0.207. The topological polar surface area (TPSA) is 45.6 Å². The summed E-state index contributed by atoms with van der Waals surface area (Å²) in [4.78, 5) is 6.85. The quantitative estimate of drug-likeness (QED) is 0.484. The highest BCUT2D eigenvalue weighted by Gasteiger charge is 2.40. The second kappa shape index (κ2) is 6.99. The van der Waals surface area contributed by atoms with Gasteiger partial charge in [0.1, 0.15) is 5.75 Å². The van der Waals surface area contributed by atoms with Gasteiger partial charge in [-0.3, -0.25) is 9.88 Å². The zero-order chi connectivity index (χ0) is 20.1. The highest BCUT2D eigenvalue weighted by atomic mass is 16.5. The monoisotopic (exact) mass is 396 g/mol. The van der Waals surface area contributed by atoms with Gasteiger partial charge in [0, 0.05) is 42.1 Å². The lowest BCUT2D eigenvalue weighted by molar-refractivity contribution is 0.157. The van der Waals surface area contributed by atoms with Crippen LogP contribution in [-0.4, -0.2) is 27.1 Å². The van der Waals surface area contributed by atoms with Crippen LogP contribution < -0.4 is 4.74 Å². The molecule has 150 valence electrons. The summed E-state index contributed by atoms with van der Waals surface area (Å²) in [6, 6.07) is 19.3. The number of fused-ring (bicyclic) bond motifs is 4. The molecule has 6 rings (SSSR count). The lowest BCUT2D eigenvalue weighted by Crippen LogP contribution is -2.40. The number of pyridine rings is 1. The van der Waals surface area contributed by atoms with E-state index in [4.69, 9.17) is 4.74 Å². The molecule has 4 nitrogen and oxygen atoms in total. The van der Waals surface area contributed by atoms with Gasteiger partial charge in [0.05, 0.1) is 0 Å². The summed E-state index contributed by atoms with van der Waals surface area (Å²) in [6.45, 7) is 0.998. The van der Waals surface area contributed by atoms with Gasteiger partial charge in [0.15, 0.2) is 11.5 Å². The Labute approximate surface area is 176 Å². The number of phenols is 1. The molecule has 3 aliphatic heterocycles. The van der Waals surface area contributed by atoms with Crippen molar-refractivity contribution in [1.82, 2.24) is 9.88 Å². The SMILES string of the molecule is Oc1cccc2c1Oc1ccccc1C2=C1CC2CCC(C1)N2Cc1ccncc1. The molecule has 0 radical (unpaired) electrons. The zero-order valence-electron chi connectivity index (χ0n) is 16.8. The Morgan fingerprint density at radius 1 is 0.900 bits per heavy atom. The van der Waals surface area contributed by atoms with Gasteiger partial charge < -0.3 is 9.84 Å². The standard InChI is InChI=1S/C26H24N2O2/c29-23-6-3-5-22-25(21-4-1-2-7-24(21)30-26(22)23)18-14-19-8-9-20(15-18)28(19)16-17-10-12-27-13-11-17/h1-7,10-13,19-20,29H,8-9,14-16H2. The van der Waals surface area contributed by atoms with Crippen LogP contribution in [0.5, 0.6) is 17.2 Å². The fourth-order valence-corrected chi connectivity index (χ4v) is 5.49. The van der Waals surface area contributed by atoms with E-state index < -0.39 is 0 Å². The number of benzene rings is 2. The molecule has 4 heteroatoms. The first-order valence-electron chi connectivity index (χ1n) is 10.7. The van der Waals surface area contributed by atoms with E-state index in [-0.39, 0.29) is 5.75 Å². The minimum Gasteiger partial charge on any atom is -0.504 e. The van der Waals surface area contributed by atoms with E-state index in [1.54, 1.807) is 6.07 Å². The number of rotatable bonds is 2. The molecule has 2 atom stereocenters. The fraction of sp³-hybridized carbons (Fsp3) is 0.269. The van der Waals surface area contributed by atoms with Crippen LogP contribution in [0.4, 0.5) is 0 Å². The molecule has 2 aromatic carbocycles. The van der Waals surface area contributed by atoms with E-state index in [2.05, 4.69) is 40.2 Å². The van der Waals surface area contributed by atoms with Gasteiger partial charge in [-0.05, 0) is 61.1 Å². The lowest BCUT2D eigenvalue weighted by Gasteiger charge is -2.38. The summed E-state index contributed by atoms with van der Waals surface area (Å²) in [5.74, 6) is 1.63. The van der Waals surface area contributed by atoms with E-state index in [0.29, 0.717) is 17.8 Å². The molecule has 30 heavy (non-hydrogen) atoms. The molecule has 2 fully saturated rings. The second-order valence-corrected chi connectivity index (χ2v) is 8.55. The van der Waals surface area contributed by atoms with Crippen LogP contribution in [0.25, 0.3) is 5.57 Å². The number of hydrogen-bond donors (Lipinski definition) is 1. The predicted octanol–water partition coefficient (Wildman–Crippen LogP) is 5.52. The van der Waals surface area contributed by atoms with Crippen molar-refractivity contribution in [2.24, 2.45) is 0 Å². The van der Waals surface area contributed by atoms with E-state index >= 15 is 0 Å². The molecular formula is C26H24N2O2. The largest absolute Gasteiger partial charge is 0.504 e. The van der Waals surface area contributed by atoms with Crippen molar-refractivity contribution in [3.05, 3.63) is 89.3 Å².